The van der Waals surface area contributed by atoms with E-state index in [0.29, 0.717) is 0 Å². The summed E-state index contributed by atoms with van der Waals surface area (Å²) in [5, 5.41) is 24.9. The summed E-state index contributed by atoms with van der Waals surface area (Å²) in [4.78, 5) is 28.2. The van der Waals surface area contributed by atoms with Gasteiger partial charge in [-0.25, -0.2) is 9.59 Å². The zero-order chi connectivity index (χ0) is 35.7. The molecule has 0 spiro atoms. The molecule has 0 aliphatic carbocycles. The van der Waals surface area contributed by atoms with Gasteiger partial charge in [-0.05, 0) is 64.2 Å². The van der Waals surface area contributed by atoms with Crippen LogP contribution >= 0.6 is 11.6 Å². The number of ether oxygens (including phenoxy) is 3. The molecule has 0 aromatic carbocycles. The van der Waals surface area contributed by atoms with Gasteiger partial charge in [-0.15, -0.1) is 17.2 Å². The van der Waals surface area contributed by atoms with E-state index in [4.69, 9.17) is 45.6 Å². The number of hydrogen-bond acceptors (Lipinski definition) is 7. The summed E-state index contributed by atoms with van der Waals surface area (Å²) in [5.74, 6) is -2.92. The maximum absolute atomic E-state index is 10.1. The summed E-state index contributed by atoms with van der Waals surface area (Å²) < 4.78 is 15.2. The number of rotatable bonds is 21. The Morgan fingerprint density at radius 3 is 1.56 bits per heavy atom. The molecule has 1 aliphatic heterocycles. The fourth-order valence-corrected chi connectivity index (χ4v) is 3.58. The first kappa shape index (κ1) is 59.7. The van der Waals surface area contributed by atoms with Crippen molar-refractivity contribution in [1.82, 2.24) is 0 Å². The average molecular weight is 735 g/mol. The van der Waals surface area contributed by atoms with Crippen molar-refractivity contribution in [2.75, 3.05) is 33.3 Å². The number of allylic oxidation sites excluding steroid dienone is 5. The fraction of sp³-hybridized carbons (Fsp3) is 0.750. The second kappa shape index (κ2) is 50.9. The Labute approximate surface area is 339 Å². The Balaban J connectivity index is -0.000000125. The van der Waals surface area contributed by atoms with Gasteiger partial charge in [0.1, 0.15) is 6.29 Å². The largest absolute Gasteiger partial charge is 1.00 e. The number of carbonyl (C=O) groups excluding carboxylic acids is 1. The fourth-order valence-electron chi connectivity index (χ4n) is 3.46. The van der Waals surface area contributed by atoms with Crippen LogP contribution in [0.1, 0.15) is 130 Å². The molecule has 1 heterocycles. The molecule has 0 unspecified atom stereocenters. The van der Waals surface area contributed by atoms with Gasteiger partial charge in [-0.2, -0.15) is 0 Å². The number of carboxylic acids is 2. The van der Waals surface area contributed by atoms with E-state index < -0.39 is 17.5 Å². The Morgan fingerprint density at radius 2 is 1.21 bits per heavy atom. The van der Waals surface area contributed by atoms with Gasteiger partial charge < -0.3 is 39.8 Å². The maximum atomic E-state index is 10.1. The van der Waals surface area contributed by atoms with E-state index in [1.54, 1.807) is 35.0 Å². The monoisotopic (exact) mass is 734 g/mol. The molecule has 1 aliphatic rings. The van der Waals surface area contributed by atoms with Crippen LogP contribution in [0.3, 0.4) is 0 Å². The van der Waals surface area contributed by atoms with Gasteiger partial charge in [0.25, 0.3) is 0 Å². The normalized spacial score (nSPS) is 11.7. The summed E-state index contributed by atoms with van der Waals surface area (Å²) in [6, 6.07) is 0. The van der Waals surface area contributed by atoms with Gasteiger partial charge in [0.15, 0.2) is 6.29 Å². The summed E-state index contributed by atoms with van der Waals surface area (Å²) in [6.07, 6.45) is 31.4. The van der Waals surface area contributed by atoms with Crippen LogP contribution in [0.5, 0.6) is 0 Å². The van der Waals surface area contributed by atoms with Crippen molar-refractivity contribution in [1.29, 1.82) is 0 Å². The summed E-state index contributed by atoms with van der Waals surface area (Å²) in [6.45, 7) is 10.5. The van der Waals surface area contributed by atoms with Gasteiger partial charge >= 0.3 is 63.3 Å². The third-order valence-electron chi connectivity index (χ3n) is 5.75. The van der Waals surface area contributed by atoms with Gasteiger partial charge in [-0.1, -0.05) is 96.3 Å². The number of carboxylic acid groups (broad SMARTS) is 2. The summed E-state index contributed by atoms with van der Waals surface area (Å²) >= 11 is 5.58. The number of aldehydes is 1. The molecule has 0 aromatic rings. The minimum Gasteiger partial charge on any atom is -0.850 e. The molecule has 1 saturated heterocycles. The third kappa shape index (κ3) is 75.7. The molecule has 10 nitrogen and oxygen atoms in total. The molecule has 0 saturated carbocycles. The second-order valence-electron chi connectivity index (χ2n) is 11.4. The van der Waals surface area contributed by atoms with Crippen molar-refractivity contribution in [3.05, 3.63) is 37.0 Å². The summed E-state index contributed by atoms with van der Waals surface area (Å²) in [5.41, 5.74) is -0.750. The van der Waals surface area contributed by atoms with E-state index in [0.717, 1.165) is 57.5 Å². The molecule has 48 heavy (non-hydrogen) atoms. The Morgan fingerprint density at radius 1 is 0.812 bits per heavy atom. The minimum absolute atomic E-state index is 0. The van der Waals surface area contributed by atoms with Crippen molar-refractivity contribution >= 4 is 29.8 Å². The number of carbonyl (C=O) groups is 3. The average Bonchev–Trinajstić information content (AvgIpc) is 3.60. The quantitative estimate of drug-likeness (QED) is 0.0252. The Bertz CT molecular complexity index is 694. The molecule has 0 atom stereocenters. The van der Waals surface area contributed by atoms with Crippen LogP contribution in [-0.2, 0) is 28.6 Å². The predicted octanol–water partition coefficient (Wildman–Crippen LogP) is 4.46. The van der Waals surface area contributed by atoms with Crippen molar-refractivity contribution in [3.8, 4) is 0 Å². The minimum atomic E-state index is -1.82. The molecular weight excluding hydrogens is 667 g/mol. The van der Waals surface area contributed by atoms with Crippen LogP contribution in [-0.4, -0.2) is 79.1 Å². The van der Waals surface area contributed by atoms with E-state index in [9.17, 15) is 9.90 Å². The predicted molar refractivity (Wildman–Crippen MR) is 191 cm³/mol. The van der Waals surface area contributed by atoms with Gasteiger partial charge in [0.05, 0.1) is 0 Å². The Kier molecular flexibility index (Phi) is 63.3. The van der Waals surface area contributed by atoms with Crippen LogP contribution in [0.15, 0.2) is 37.0 Å². The zero-order valence-corrected chi connectivity index (χ0v) is 34.9. The van der Waals surface area contributed by atoms with Gasteiger partial charge in [0.2, 0.25) is 0 Å². The van der Waals surface area contributed by atoms with Crippen LogP contribution < -0.4 is 56.5 Å². The molecule has 0 bridgehead atoms. The van der Waals surface area contributed by atoms with Crippen LogP contribution in [0.25, 0.3) is 0 Å². The molecule has 1 fully saturated rings. The van der Waals surface area contributed by atoms with E-state index in [1.807, 2.05) is 12.2 Å². The maximum Gasteiger partial charge on any atom is 1.00 e. The molecule has 1 rings (SSSR count). The molecule has 12 heteroatoms. The molecular formula is C36H68ClKO10. The van der Waals surface area contributed by atoms with Crippen LogP contribution in [0, 0.1) is 0 Å². The first-order chi connectivity index (χ1) is 21.9. The first-order valence-electron chi connectivity index (χ1n) is 16.6. The topological polar surface area (TPSA) is 174 Å². The second-order valence-corrected chi connectivity index (χ2v) is 11.8. The number of aliphatic carboxylic acids is 2. The van der Waals surface area contributed by atoms with E-state index in [-0.39, 0.29) is 63.2 Å². The number of hydrogen-bond donors (Lipinski definition) is 2. The standard InChI is InChI=1S/C14H27ClO2.C12H20O.C4H8O.C4H9O.C2H2O4.K.H2O/c1-16-14(17-2)12-10-8-6-4-3-5-7-9-11-13-15;1-2-3-4-5-6-7-8-9-10-11-12-13;1-2-4-5-3-1;1-4(2,3)5;3-1(4)2(5)6;;/h7,9,14H,3-6,8,10-13H2,1-2H3;2-4,12H,1,5-11H2;1-4H2;1-3H3;(H,3,4)(H,5,6);;1H2/q;;;-1;;+1;/b9-7+;4-3+;;;;;. The first-order valence-corrected chi connectivity index (χ1v) is 17.2. The van der Waals surface area contributed by atoms with Crippen molar-refractivity contribution in [2.45, 2.75) is 142 Å². The Hall–Kier alpha value is -0.444. The SMILES string of the molecule is C1CCOC1.C=C/C=C/CCCCCCCC=O.CC(C)(C)[O-].COC(CCCCCCC/C=C/CCCl)OC.O.O=C(O)C(=O)O.[K+]. The van der Waals surface area contributed by atoms with E-state index in [1.165, 1.54) is 77.0 Å². The molecule has 0 amide bonds. The van der Waals surface area contributed by atoms with E-state index >= 15 is 0 Å². The van der Waals surface area contributed by atoms with Crippen LogP contribution in [0.4, 0.5) is 0 Å². The summed E-state index contributed by atoms with van der Waals surface area (Å²) in [7, 11) is 3.39. The van der Waals surface area contributed by atoms with Crippen molar-refractivity contribution in [2.24, 2.45) is 0 Å². The number of methoxy groups -OCH3 is 2. The van der Waals surface area contributed by atoms with Crippen LogP contribution in [0.2, 0.25) is 0 Å². The van der Waals surface area contributed by atoms with Gasteiger partial charge in [0, 0.05) is 39.7 Å². The molecule has 0 radical (unpaired) electrons. The smallest absolute Gasteiger partial charge is 0.850 e. The molecule has 280 valence electrons. The molecule has 0 aromatic heterocycles. The van der Waals surface area contributed by atoms with E-state index in [2.05, 4.69) is 24.8 Å². The van der Waals surface area contributed by atoms with Crippen molar-refractivity contribution < 1.29 is 101 Å². The molecule has 4 N–H and O–H groups in total. The number of alkyl halides is 1. The third-order valence-corrected chi connectivity index (χ3v) is 5.97. The number of unbranched alkanes of at least 4 members (excludes halogenated alkanes) is 11. The zero-order valence-electron chi connectivity index (χ0n) is 31.0. The number of halogens is 1. The van der Waals surface area contributed by atoms with Crippen molar-refractivity contribution in [3.63, 3.8) is 0 Å². The van der Waals surface area contributed by atoms with Gasteiger partial charge in [-0.3, -0.25) is 0 Å².